The number of rotatable bonds is 6. The summed E-state index contributed by atoms with van der Waals surface area (Å²) >= 11 is 1.73. The first-order valence-electron chi connectivity index (χ1n) is 8.69. The fourth-order valence-corrected chi connectivity index (χ4v) is 4.26. The molecule has 0 bridgehead atoms. The van der Waals surface area contributed by atoms with Crippen molar-refractivity contribution >= 4 is 28.7 Å². The van der Waals surface area contributed by atoms with Crippen LogP contribution in [0.3, 0.4) is 0 Å². The van der Waals surface area contributed by atoms with E-state index >= 15 is 0 Å². The quantitative estimate of drug-likeness (QED) is 0.544. The molecule has 1 aromatic heterocycles. The Morgan fingerprint density at radius 3 is 2.54 bits per heavy atom. The molecular formula is C22H21NO2S. The first kappa shape index (κ1) is 17.0. The lowest BCUT2D eigenvalue weighted by atomic mass is 10.1. The van der Waals surface area contributed by atoms with E-state index in [2.05, 4.69) is 24.8 Å². The summed E-state index contributed by atoms with van der Waals surface area (Å²) in [7, 11) is 3.38. The molecule has 3 aromatic rings. The molecule has 0 saturated heterocycles. The summed E-state index contributed by atoms with van der Waals surface area (Å²) in [6, 6.07) is 14.2. The van der Waals surface area contributed by atoms with Gasteiger partial charge in [0, 0.05) is 26.7 Å². The van der Waals surface area contributed by atoms with Gasteiger partial charge in [0.15, 0.2) is 0 Å². The Balaban J connectivity index is 1.92. The van der Waals surface area contributed by atoms with Crippen LogP contribution in [0.5, 0.6) is 11.5 Å². The highest BCUT2D eigenvalue weighted by molar-refractivity contribution is 7.99. The third-order valence-electron chi connectivity index (χ3n) is 4.64. The lowest BCUT2D eigenvalue weighted by Crippen LogP contribution is -1.97. The number of nitrogens with zero attached hydrogens (tertiary/aromatic N) is 1. The van der Waals surface area contributed by atoms with Crippen molar-refractivity contribution in [1.82, 2.24) is 4.98 Å². The minimum Gasteiger partial charge on any atom is -0.497 e. The minimum atomic E-state index is 0.555. The standard InChI is InChI=1S/C22H21NO2S/c1-4-18-21(14-8-9-14)23-20-11-10-16(25-3)13-19(20)22(18)26-17-7-5-6-15(12-17)24-2/h4-7,10-14H,1,8-9H2,2-3H3. The molecule has 4 heteroatoms. The Bertz CT molecular complexity index is 979. The van der Waals surface area contributed by atoms with Crippen molar-refractivity contribution in [3.05, 3.63) is 60.3 Å². The van der Waals surface area contributed by atoms with Gasteiger partial charge in [0.2, 0.25) is 0 Å². The van der Waals surface area contributed by atoms with E-state index in [9.17, 15) is 0 Å². The number of fused-ring (bicyclic) bond motifs is 1. The smallest absolute Gasteiger partial charge is 0.119 e. The SMILES string of the molecule is C=Cc1c(C2CC2)nc2ccc(OC)cc2c1Sc1cccc(OC)c1. The largest absolute Gasteiger partial charge is 0.497 e. The Hall–Kier alpha value is -2.46. The number of methoxy groups -OCH3 is 2. The molecule has 1 fully saturated rings. The van der Waals surface area contributed by atoms with Crippen LogP contribution in [0.15, 0.2) is 58.8 Å². The maximum Gasteiger partial charge on any atom is 0.119 e. The van der Waals surface area contributed by atoms with Crippen LogP contribution in [-0.2, 0) is 0 Å². The van der Waals surface area contributed by atoms with E-state index in [1.54, 1.807) is 26.0 Å². The molecule has 0 atom stereocenters. The van der Waals surface area contributed by atoms with Crippen molar-refractivity contribution in [2.75, 3.05) is 14.2 Å². The summed E-state index contributed by atoms with van der Waals surface area (Å²) in [4.78, 5) is 7.26. The maximum atomic E-state index is 5.44. The van der Waals surface area contributed by atoms with Crippen LogP contribution in [0.25, 0.3) is 17.0 Å². The minimum absolute atomic E-state index is 0.555. The number of pyridine rings is 1. The van der Waals surface area contributed by atoms with Crippen molar-refractivity contribution in [2.24, 2.45) is 0 Å². The van der Waals surface area contributed by atoms with Crippen LogP contribution >= 0.6 is 11.8 Å². The molecule has 0 aliphatic heterocycles. The number of hydrogen-bond donors (Lipinski definition) is 0. The molecule has 0 amide bonds. The van der Waals surface area contributed by atoms with Gasteiger partial charge in [-0.1, -0.05) is 30.5 Å². The van der Waals surface area contributed by atoms with Crippen molar-refractivity contribution in [2.45, 2.75) is 28.6 Å². The van der Waals surface area contributed by atoms with Gasteiger partial charge in [-0.3, -0.25) is 4.98 Å². The molecule has 3 nitrogen and oxygen atoms in total. The first-order chi connectivity index (χ1) is 12.7. The van der Waals surface area contributed by atoms with Gasteiger partial charge >= 0.3 is 0 Å². The molecule has 1 saturated carbocycles. The summed E-state index contributed by atoms with van der Waals surface area (Å²) in [6.07, 6.45) is 4.36. The average molecular weight is 363 g/mol. The third kappa shape index (κ3) is 3.17. The zero-order valence-corrected chi connectivity index (χ0v) is 15.8. The van der Waals surface area contributed by atoms with Crippen LogP contribution in [0.1, 0.15) is 30.0 Å². The summed E-state index contributed by atoms with van der Waals surface area (Å²) in [5, 5.41) is 1.09. The van der Waals surface area contributed by atoms with Gasteiger partial charge in [-0.25, -0.2) is 0 Å². The Labute approximate surface area is 158 Å². The van der Waals surface area contributed by atoms with Crippen LogP contribution in [0, 0.1) is 0 Å². The Morgan fingerprint density at radius 2 is 1.85 bits per heavy atom. The van der Waals surface area contributed by atoms with Gasteiger partial charge in [0.1, 0.15) is 11.5 Å². The fourth-order valence-electron chi connectivity index (χ4n) is 3.13. The van der Waals surface area contributed by atoms with E-state index < -0.39 is 0 Å². The molecule has 2 aromatic carbocycles. The van der Waals surface area contributed by atoms with Crippen LogP contribution in [0.4, 0.5) is 0 Å². The molecule has 1 heterocycles. The average Bonchev–Trinajstić information content (AvgIpc) is 3.52. The molecule has 0 radical (unpaired) electrons. The number of benzene rings is 2. The molecule has 132 valence electrons. The van der Waals surface area contributed by atoms with E-state index in [0.29, 0.717) is 5.92 Å². The van der Waals surface area contributed by atoms with Gasteiger partial charge in [0.25, 0.3) is 0 Å². The van der Waals surface area contributed by atoms with Crippen molar-refractivity contribution in [1.29, 1.82) is 0 Å². The summed E-state index contributed by atoms with van der Waals surface area (Å²) < 4.78 is 10.8. The summed E-state index contributed by atoms with van der Waals surface area (Å²) in [5.41, 5.74) is 3.31. The van der Waals surface area contributed by atoms with E-state index in [-0.39, 0.29) is 0 Å². The van der Waals surface area contributed by atoms with Crippen molar-refractivity contribution in [3.8, 4) is 11.5 Å². The summed E-state index contributed by atoms with van der Waals surface area (Å²) in [6.45, 7) is 4.08. The van der Waals surface area contributed by atoms with E-state index in [0.717, 1.165) is 32.9 Å². The second-order valence-corrected chi connectivity index (χ2v) is 7.47. The zero-order valence-electron chi connectivity index (χ0n) is 15.0. The van der Waals surface area contributed by atoms with Gasteiger partial charge < -0.3 is 9.47 Å². The van der Waals surface area contributed by atoms with Crippen LogP contribution < -0.4 is 9.47 Å². The van der Waals surface area contributed by atoms with Crippen molar-refractivity contribution in [3.63, 3.8) is 0 Å². The highest BCUT2D eigenvalue weighted by Crippen LogP contribution is 2.46. The Kier molecular flexibility index (Phi) is 4.60. The normalized spacial score (nSPS) is 13.6. The Morgan fingerprint density at radius 1 is 1.08 bits per heavy atom. The molecule has 26 heavy (non-hydrogen) atoms. The number of aromatic nitrogens is 1. The number of hydrogen-bond acceptors (Lipinski definition) is 4. The molecule has 1 aliphatic rings. The first-order valence-corrected chi connectivity index (χ1v) is 9.51. The van der Waals surface area contributed by atoms with Crippen LogP contribution in [0.2, 0.25) is 0 Å². The van der Waals surface area contributed by atoms with Crippen LogP contribution in [-0.4, -0.2) is 19.2 Å². The molecule has 0 spiro atoms. The second-order valence-electron chi connectivity index (χ2n) is 6.38. The van der Waals surface area contributed by atoms with Gasteiger partial charge in [-0.2, -0.15) is 0 Å². The highest BCUT2D eigenvalue weighted by Gasteiger charge is 2.29. The molecule has 0 unspecified atom stereocenters. The molecule has 0 N–H and O–H groups in total. The summed E-state index contributed by atoms with van der Waals surface area (Å²) in [5.74, 6) is 2.24. The lowest BCUT2D eigenvalue weighted by molar-refractivity contribution is 0.413. The van der Waals surface area contributed by atoms with Crippen molar-refractivity contribution < 1.29 is 9.47 Å². The molecule has 1 aliphatic carbocycles. The number of ether oxygens (including phenoxy) is 2. The van der Waals surface area contributed by atoms with Gasteiger partial charge in [-0.05, 0) is 49.2 Å². The van der Waals surface area contributed by atoms with E-state index in [1.807, 2.05) is 30.3 Å². The topological polar surface area (TPSA) is 31.4 Å². The van der Waals surface area contributed by atoms with Gasteiger partial charge in [0.05, 0.1) is 25.4 Å². The second kappa shape index (κ2) is 7.04. The molecule has 4 rings (SSSR count). The highest BCUT2D eigenvalue weighted by atomic mass is 32.2. The monoisotopic (exact) mass is 363 g/mol. The van der Waals surface area contributed by atoms with Gasteiger partial charge in [-0.15, -0.1) is 0 Å². The maximum absolute atomic E-state index is 5.44. The predicted molar refractivity (Wildman–Crippen MR) is 107 cm³/mol. The van der Waals surface area contributed by atoms with E-state index in [1.165, 1.54) is 23.4 Å². The molecular weight excluding hydrogens is 342 g/mol. The zero-order chi connectivity index (χ0) is 18.1. The third-order valence-corrected chi connectivity index (χ3v) is 5.77. The lowest BCUT2D eigenvalue weighted by Gasteiger charge is -2.15. The predicted octanol–water partition coefficient (Wildman–Crippen LogP) is 5.92. The van der Waals surface area contributed by atoms with E-state index in [4.69, 9.17) is 14.5 Å². The fraction of sp³-hybridized carbons (Fsp3) is 0.227.